The molecule has 0 atom stereocenters. The van der Waals surface area contributed by atoms with Crippen LogP contribution in [0.1, 0.15) is 29.8 Å². The highest BCUT2D eigenvalue weighted by Crippen LogP contribution is 2.36. The number of carbonyl (C=O) groups excluding carboxylic acids is 1. The van der Waals surface area contributed by atoms with Crippen LogP contribution in [0.4, 0.5) is 0 Å². The van der Waals surface area contributed by atoms with E-state index in [2.05, 4.69) is 36.4 Å². The average molecular weight is 320 g/mol. The Balaban J connectivity index is 1.57. The summed E-state index contributed by atoms with van der Waals surface area (Å²) in [7, 11) is 0. The van der Waals surface area contributed by atoms with Crippen LogP contribution >= 0.6 is 0 Å². The third-order valence-corrected chi connectivity index (χ3v) is 3.65. The normalized spacial score (nSPS) is 14.0. The first kappa shape index (κ1) is 15.7. The molecule has 1 aliphatic heterocycles. The lowest BCUT2D eigenvalue weighted by atomic mass is 10.0. The van der Waals surface area contributed by atoms with Crippen molar-refractivity contribution < 1.29 is 4.79 Å². The Bertz CT molecular complexity index is 790. The number of terminal acetylenes is 1. The quantitative estimate of drug-likeness (QED) is 0.792. The van der Waals surface area contributed by atoms with Gasteiger partial charge in [-0.05, 0) is 18.2 Å². The van der Waals surface area contributed by atoms with E-state index in [4.69, 9.17) is 6.42 Å². The number of pyridine rings is 1. The van der Waals surface area contributed by atoms with E-state index < -0.39 is 5.66 Å². The van der Waals surface area contributed by atoms with Crippen LogP contribution in [0.25, 0.3) is 11.5 Å². The van der Waals surface area contributed by atoms with Gasteiger partial charge in [0.05, 0.1) is 0 Å². The maximum atomic E-state index is 12.2. The van der Waals surface area contributed by atoms with Gasteiger partial charge in [0.25, 0.3) is 5.91 Å². The van der Waals surface area contributed by atoms with E-state index in [9.17, 15) is 4.79 Å². The van der Waals surface area contributed by atoms with Crippen LogP contribution in [0.5, 0.6) is 0 Å². The molecule has 120 valence electrons. The minimum Gasteiger partial charge on any atom is -0.351 e. The average Bonchev–Trinajstić information content (AvgIpc) is 3.41. The Morgan fingerprint density at radius 1 is 1.17 bits per heavy atom. The fourth-order valence-corrected chi connectivity index (χ4v) is 2.24. The number of rotatable bonds is 7. The van der Waals surface area contributed by atoms with Gasteiger partial charge in [0.2, 0.25) is 0 Å². The Hall–Kier alpha value is -3.14. The van der Waals surface area contributed by atoms with Crippen molar-refractivity contribution >= 4 is 5.91 Å². The molecule has 1 N–H and O–H groups in total. The molecule has 0 saturated heterocycles. The van der Waals surface area contributed by atoms with Crippen molar-refractivity contribution in [2.45, 2.75) is 24.9 Å². The van der Waals surface area contributed by atoms with E-state index in [0.717, 1.165) is 6.42 Å². The topological polar surface area (TPSA) is 92.5 Å². The van der Waals surface area contributed by atoms with Gasteiger partial charge in [0.1, 0.15) is 11.4 Å². The van der Waals surface area contributed by atoms with Crippen LogP contribution in [-0.2, 0) is 0 Å². The summed E-state index contributed by atoms with van der Waals surface area (Å²) in [6, 6.07) is 7.02. The molecule has 0 spiro atoms. The fourth-order valence-electron chi connectivity index (χ4n) is 2.24. The second-order valence-electron chi connectivity index (χ2n) is 5.37. The van der Waals surface area contributed by atoms with Crippen molar-refractivity contribution in [3.63, 3.8) is 0 Å². The number of amides is 1. The molecule has 3 rings (SSSR count). The summed E-state index contributed by atoms with van der Waals surface area (Å²) >= 11 is 0. The standard InChI is InChI=1S/C17H16N6O/c1-2-3-8-17(22-23-17)9-12-20-16(24)14-7-11-19-15(21-14)13-6-4-5-10-18-13/h1,4-7,10-11H,3,8-9,12H2,(H,20,24). The smallest absolute Gasteiger partial charge is 0.270 e. The largest absolute Gasteiger partial charge is 0.351 e. The molecule has 3 heterocycles. The molecule has 1 amide bonds. The molecule has 7 nitrogen and oxygen atoms in total. The van der Waals surface area contributed by atoms with E-state index in [1.165, 1.54) is 0 Å². The summed E-state index contributed by atoms with van der Waals surface area (Å²) in [5, 5.41) is 10.9. The third kappa shape index (κ3) is 3.79. The lowest BCUT2D eigenvalue weighted by molar-refractivity contribution is 0.0947. The van der Waals surface area contributed by atoms with E-state index in [1.54, 1.807) is 24.5 Å². The first-order valence-corrected chi connectivity index (χ1v) is 7.63. The van der Waals surface area contributed by atoms with Gasteiger partial charge in [-0.3, -0.25) is 9.78 Å². The molecule has 0 radical (unpaired) electrons. The molecule has 1 aliphatic rings. The van der Waals surface area contributed by atoms with E-state index in [-0.39, 0.29) is 5.91 Å². The summed E-state index contributed by atoms with van der Waals surface area (Å²) < 4.78 is 0. The van der Waals surface area contributed by atoms with Crippen molar-refractivity contribution in [1.29, 1.82) is 0 Å². The van der Waals surface area contributed by atoms with Gasteiger partial charge >= 0.3 is 0 Å². The van der Waals surface area contributed by atoms with Crippen LogP contribution in [0.15, 0.2) is 46.9 Å². The molecule has 0 aromatic carbocycles. The van der Waals surface area contributed by atoms with Gasteiger partial charge in [-0.15, -0.1) is 12.3 Å². The van der Waals surface area contributed by atoms with Crippen LogP contribution in [0, 0.1) is 12.3 Å². The molecule has 2 aromatic heterocycles. The van der Waals surface area contributed by atoms with Crippen molar-refractivity contribution in [3.05, 3.63) is 42.4 Å². The summed E-state index contributed by atoms with van der Waals surface area (Å²) in [6.07, 6.45) is 10.4. The maximum absolute atomic E-state index is 12.2. The summed E-state index contributed by atoms with van der Waals surface area (Å²) in [6.45, 7) is 0.458. The minimum atomic E-state index is -0.398. The van der Waals surface area contributed by atoms with Crippen LogP contribution in [0.2, 0.25) is 0 Å². The third-order valence-electron chi connectivity index (χ3n) is 3.65. The summed E-state index contributed by atoms with van der Waals surface area (Å²) in [5.41, 5.74) is 0.522. The van der Waals surface area contributed by atoms with Crippen molar-refractivity contribution in [3.8, 4) is 23.9 Å². The van der Waals surface area contributed by atoms with Gasteiger partial charge in [0, 0.05) is 38.2 Å². The molecular formula is C17H16N6O. The summed E-state index contributed by atoms with van der Waals surface area (Å²) in [5.74, 6) is 2.74. The van der Waals surface area contributed by atoms with Crippen LogP contribution in [0.3, 0.4) is 0 Å². The molecule has 24 heavy (non-hydrogen) atoms. The molecular weight excluding hydrogens is 304 g/mol. The highest BCUT2D eigenvalue weighted by atomic mass is 16.1. The lowest BCUT2D eigenvalue weighted by Gasteiger charge is -2.09. The zero-order valence-corrected chi connectivity index (χ0v) is 13.0. The minimum absolute atomic E-state index is 0.262. The second kappa shape index (κ2) is 6.96. The number of hydrogen-bond donors (Lipinski definition) is 1. The van der Waals surface area contributed by atoms with Crippen LogP contribution < -0.4 is 5.32 Å². The molecule has 0 aliphatic carbocycles. The Morgan fingerprint density at radius 2 is 2.04 bits per heavy atom. The van der Waals surface area contributed by atoms with Crippen molar-refractivity contribution in [2.75, 3.05) is 6.54 Å². The van der Waals surface area contributed by atoms with Crippen LogP contribution in [-0.4, -0.2) is 33.1 Å². The predicted octanol–water partition coefficient (Wildman–Crippen LogP) is 2.23. The molecule has 0 fully saturated rings. The number of carbonyl (C=O) groups is 1. The number of nitrogens with zero attached hydrogens (tertiary/aromatic N) is 5. The van der Waals surface area contributed by atoms with E-state index in [1.807, 2.05) is 12.1 Å². The second-order valence-corrected chi connectivity index (χ2v) is 5.37. The zero-order valence-electron chi connectivity index (χ0n) is 13.0. The summed E-state index contributed by atoms with van der Waals surface area (Å²) in [4.78, 5) is 24.8. The van der Waals surface area contributed by atoms with Crippen molar-refractivity contribution in [1.82, 2.24) is 20.3 Å². The Morgan fingerprint density at radius 3 is 2.75 bits per heavy atom. The van der Waals surface area contributed by atoms with Gasteiger partial charge in [-0.2, -0.15) is 10.2 Å². The number of nitrogens with one attached hydrogen (secondary N) is 1. The van der Waals surface area contributed by atoms with Gasteiger partial charge < -0.3 is 5.32 Å². The Labute approximate surface area is 139 Å². The fraction of sp³-hybridized carbons (Fsp3) is 0.294. The van der Waals surface area contributed by atoms with E-state index in [0.29, 0.717) is 36.6 Å². The Kier molecular flexibility index (Phi) is 4.57. The van der Waals surface area contributed by atoms with Gasteiger partial charge in [0.15, 0.2) is 11.5 Å². The van der Waals surface area contributed by atoms with E-state index >= 15 is 0 Å². The predicted molar refractivity (Wildman–Crippen MR) is 87.9 cm³/mol. The van der Waals surface area contributed by atoms with Gasteiger partial charge in [-0.1, -0.05) is 6.07 Å². The first-order valence-electron chi connectivity index (χ1n) is 7.63. The zero-order chi connectivity index (χ0) is 16.8. The van der Waals surface area contributed by atoms with Gasteiger partial charge in [-0.25, -0.2) is 9.97 Å². The molecule has 7 heteroatoms. The first-order chi connectivity index (χ1) is 11.7. The molecule has 0 unspecified atom stereocenters. The number of aromatic nitrogens is 3. The number of hydrogen-bond acceptors (Lipinski definition) is 6. The molecule has 0 bridgehead atoms. The highest BCUT2D eigenvalue weighted by Gasteiger charge is 2.38. The monoisotopic (exact) mass is 320 g/mol. The highest BCUT2D eigenvalue weighted by molar-refractivity contribution is 5.92. The molecule has 2 aromatic rings. The molecule has 0 saturated carbocycles. The SMILES string of the molecule is C#CCCC1(CCNC(=O)c2ccnc(-c3ccccn3)n2)N=N1. The maximum Gasteiger partial charge on any atom is 0.270 e. The lowest BCUT2D eigenvalue weighted by Crippen LogP contribution is -2.29. The van der Waals surface area contributed by atoms with Crippen molar-refractivity contribution in [2.24, 2.45) is 10.2 Å².